The summed E-state index contributed by atoms with van der Waals surface area (Å²) in [6.45, 7) is 8.01. The zero-order chi connectivity index (χ0) is 12.0. The van der Waals surface area contributed by atoms with E-state index in [1.807, 2.05) is 25.1 Å². The van der Waals surface area contributed by atoms with Crippen molar-refractivity contribution in [3.8, 4) is 5.75 Å². The lowest BCUT2D eigenvalue weighted by Gasteiger charge is -2.15. The SMILES string of the molecule is C=Cc1c(OCCC)cccc1C(C)CF. The molecule has 0 aromatic heterocycles. The first-order valence-corrected chi connectivity index (χ1v) is 5.68. The molecule has 1 aromatic carbocycles. The smallest absolute Gasteiger partial charge is 0.126 e. The maximum Gasteiger partial charge on any atom is 0.126 e. The Morgan fingerprint density at radius 3 is 2.81 bits per heavy atom. The molecule has 16 heavy (non-hydrogen) atoms. The number of hydrogen-bond donors (Lipinski definition) is 0. The highest BCUT2D eigenvalue weighted by atomic mass is 19.1. The summed E-state index contributed by atoms with van der Waals surface area (Å²) in [5.41, 5.74) is 1.88. The Kier molecular flexibility index (Phi) is 5.03. The summed E-state index contributed by atoms with van der Waals surface area (Å²) < 4.78 is 18.3. The molecule has 0 saturated heterocycles. The van der Waals surface area contributed by atoms with Crippen LogP contribution in [0.15, 0.2) is 24.8 Å². The van der Waals surface area contributed by atoms with Crippen LogP contribution in [0.25, 0.3) is 6.08 Å². The van der Waals surface area contributed by atoms with Crippen LogP contribution in [0.1, 0.15) is 37.3 Å². The van der Waals surface area contributed by atoms with Crippen molar-refractivity contribution < 1.29 is 9.13 Å². The Hall–Kier alpha value is -1.31. The monoisotopic (exact) mass is 222 g/mol. The maximum absolute atomic E-state index is 12.7. The van der Waals surface area contributed by atoms with E-state index in [9.17, 15) is 4.39 Å². The van der Waals surface area contributed by atoms with Crippen molar-refractivity contribution in [2.75, 3.05) is 13.3 Å². The van der Waals surface area contributed by atoms with Gasteiger partial charge in [0.25, 0.3) is 0 Å². The average Bonchev–Trinajstić information content (AvgIpc) is 2.34. The Morgan fingerprint density at radius 2 is 2.25 bits per heavy atom. The van der Waals surface area contributed by atoms with E-state index < -0.39 is 0 Å². The number of hydrogen-bond acceptors (Lipinski definition) is 1. The van der Waals surface area contributed by atoms with Gasteiger partial charge in [-0.25, -0.2) is 0 Å². The van der Waals surface area contributed by atoms with Crippen LogP contribution >= 0.6 is 0 Å². The van der Waals surface area contributed by atoms with Crippen molar-refractivity contribution in [3.05, 3.63) is 35.9 Å². The molecule has 0 saturated carbocycles. The molecular weight excluding hydrogens is 203 g/mol. The summed E-state index contributed by atoms with van der Waals surface area (Å²) in [5, 5.41) is 0. The van der Waals surface area contributed by atoms with Gasteiger partial charge in [-0.2, -0.15) is 0 Å². The molecule has 1 nitrogen and oxygen atoms in total. The van der Waals surface area contributed by atoms with Crippen molar-refractivity contribution in [2.24, 2.45) is 0 Å². The Morgan fingerprint density at radius 1 is 1.50 bits per heavy atom. The number of benzene rings is 1. The van der Waals surface area contributed by atoms with Crippen molar-refractivity contribution in [1.82, 2.24) is 0 Å². The molecule has 0 aliphatic rings. The van der Waals surface area contributed by atoms with Gasteiger partial charge in [-0.1, -0.05) is 38.6 Å². The second-order valence-corrected chi connectivity index (χ2v) is 3.87. The van der Waals surface area contributed by atoms with E-state index in [2.05, 4.69) is 13.5 Å². The molecular formula is C14H19FO. The normalized spacial score (nSPS) is 12.2. The molecule has 0 fully saturated rings. The van der Waals surface area contributed by atoms with E-state index in [0.29, 0.717) is 6.61 Å². The molecule has 0 aliphatic heterocycles. The molecule has 88 valence electrons. The Labute approximate surface area is 96.9 Å². The highest BCUT2D eigenvalue weighted by Crippen LogP contribution is 2.29. The zero-order valence-electron chi connectivity index (χ0n) is 10.0. The van der Waals surface area contributed by atoms with Crippen LogP contribution < -0.4 is 4.74 Å². The van der Waals surface area contributed by atoms with Gasteiger partial charge in [-0.15, -0.1) is 0 Å². The lowest BCUT2D eigenvalue weighted by atomic mass is 9.96. The van der Waals surface area contributed by atoms with Gasteiger partial charge in [0.2, 0.25) is 0 Å². The Bertz CT molecular complexity index is 347. The van der Waals surface area contributed by atoms with Crippen molar-refractivity contribution >= 4 is 6.08 Å². The van der Waals surface area contributed by atoms with Gasteiger partial charge in [0.05, 0.1) is 13.3 Å². The third kappa shape index (κ3) is 2.84. The topological polar surface area (TPSA) is 9.23 Å². The second-order valence-electron chi connectivity index (χ2n) is 3.87. The van der Waals surface area contributed by atoms with E-state index in [1.165, 1.54) is 0 Å². The predicted molar refractivity (Wildman–Crippen MR) is 66.7 cm³/mol. The van der Waals surface area contributed by atoms with Crippen LogP contribution in [0.2, 0.25) is 0 Å². The number of ether oxygens (including phenoxy) is 1. The molecule has 0 bridgehead atoms. The van der Waals surface area contributed by atoms with Crippen molar-refractivity contribution in [3.63, 3.8) is 0 Å². The van der Waals surface area contributed by atoms with E-state index in [0.717, 1.165) is 23.3 Å². The van der Waals surface area contributed by atoms with Gasteiger partial charge in [-0.3, -0.25) is 4.39 Å². The van der Waals surface area contributed by atoms with Gasteiger partial charge in [0, 0.05) is 11.5 Å². The number of halogens is 1. The molecule has 0 spiro atoms. The summed E-state index contributed by atoms with van der Waals surface area (Å²) >= 11 is 0. The van der Waals surface area contributed by atoms with E-state index in [4.69, 9.17) is 4.74 Å². The predicted octanol–water partition coefficient (Wildman–Crippen LogP) is 4.19. The van der Waals surface area contributed by atoms with E-state index in [1.54, 1.807) is 6.08 Å². The highest BCUT2D eigenvalue weighted by Gasteiger charge is 2.12. The molecule has 1 unspecified atom stereocenters. The fourth-order valence-corrected chi connectivity index (χ4v) is 1.63. The van der Waals surface area contributed by atoms with Gasteiger partial charge >= 0.3 is 0 Å². The Balaban J connectivity index is 3.05. The van der Waals surface area contributed by atoms with Crippen LogP contribution in [-0.2, 0) is 0 Å². The molecule has 1 aromatic rings. The fraction of sp³-hybridized carbons (Fsp3) is 0.429. The fourth-order valence-electron chi connectivity index (χ4n) is 1.63. The summed E-state index contributed by atoms with van der Waals surface area (Å²) in [6.07, 6.45) is 2.70. The van der Waals surface area contributed by atoms with Crippen molar-refractivity contribution in [1.29, 1.82) is 0 Å². The molecule has 0 heterocycles. The lowest BCUT2D eigenvalue weighted by molar-refractivity contribution is 0.316. The largest absolute Gasteiger partial charge is 0.493 e. The van der Waals surface area contributed by atoms with Crippen LogP contribution in [0, 0.1) is 0 Å². The standard InChI is InChI=1S/C14H19FO/c1-4-9-16-14-8-6-7-13(11(3)10-15)12(14)5-2/h5-8,11H,2,4,9-10H2,1,3H3. The molecule has 0 radical (unpaired) electrons. The molecule has 1 atom stereocenters. The van der Waals surface area contributed by atoms with Crippen LogP contribution in [-0.4, -0.2) is 13.3 Å². The third-order valence-electron chi connectivity index (χ3n) is 2.53. The van der Waals surface area contributed by atoms with Gasteiger partial charge in [-0.05, 0) is 18.1 Å². The van der Waals surface area contributed by atoms with Gasteiger partial charge in [0.1, 0.15) is 5.75 Å². The molecule has 1 rings (SSSR count). The first-order valence-electron chi connectivity index (χ1n) is 5.68. The van der Waals surface area contributed by atoms with Gasteiger partial charge < -0.3 is 4.74 Å². The zero-order valence-corrected chi connectivity index (χ0v) is 10.0. The lowest BCUT2D eigenvalue weighted by Crippen LogP contribution is -2.02. The first kappa shape index (κ1) is 12.8. The quantitative estimate of drug-likeness (QED) is 0.701. The molecule has 0 amide bonds. The van der Waals surface area contributed by atoms with Gasteiger partial charge in [0.15, 0.2) is 0 Å². The maximum atomic E-state index is 12.7. The van der Waals surface area contributed by atoms with E-state index in [-0.39, 0.29) is 12.6 Å². The van der Waals surface area contributed by atoms with Crippen LogP contribution in [0.3, 0.4) is 0 Å². The third-order valence-corrected chi connectivity index (χ3v) is 2.53. The van der Waals surface area contributed by atoms with Crippen LogP contribution in [0.4, 0.5) is 4.39 Å². The highest BCUT2D eigenvalue weighted by molar-refractivity contribution is 5.60. The molecule has 0 aliphatic carbocycles. The molecule has 2 heteroatoms. The summed E-state index contributed by atoms with van der Waals surface area (Å²) in [7, 11) is 0. The van der Waals surface area contributed by atoms with E-state index >= 15 is 0 Å². The van der Waals surface area contributed by atoms with Crippen LogP contribution in [0.5, 0.6) is 5.75 Å². The summed E-state index contributed by atoms with van der Waals surface area (Å²) in [4.78, 5) is 0. The first-order chi connectivity index (χ1) is 7.74. The molecule has 0 N–H and O–H groups in total. The number of rotatable bonds is 6. The second kappa shape index (κ2) is 6.31. The summed E-state index contributed by atoms with van der Waals surface area (Å²) in [6, 6.07) is 5.74. The minimum atomic E-state index is -0.363. The summed E-state index contributed by atoms with van der Waals surface area (Å²) in [5.74, 6) is 0.688. The van der Waals surface area contributed by atoms with Crippen molar-refractivity contribution in [2.45, 2.75) is 26.2 Å². The minimum Gasteiger partial charge on any atom is -0.493 e. The minimum absolute atomic E-state index is 0.113. The number of alkyl halides is 1. The average molecular weight is 222 g/mol.